The number of amides is 1. The summed E-state index contributed by atoms with van der Waals surface area (Å²) in [6.07, 6.45) is 1.33. The van der Waals surface area contributed by atoms with Crippen LogP contribution in [0.15, 0.2) is 42.5 Å². The van der Waals surface area contributed by atoms with Gasteiger partial charge in [0, 0.05) is 31.5 Å². The minimum Gasteiger partial charge on any atom is -0.460 e. The molecule has 0 N–H and O–H groups in total. The van der Waals surface area contributed by atoms with Crippen LogP contribution < -0.4 is 4.90 Å². The fraction of sp³-hybridized carbons (Fsp3) is 0.500. The molecule has 2 saturated heterocycles. The molecule has 2 fully saturated rings. The van der Waals surface area contributed by atoms with Crippen molar-refractivity contribution in [2.24, 2.45) is 5.92 Å². The summed E-state index contributed by atoms with van der Waals surface area (Å²) in [5.74, 6) is -0.214. The van der Waals surface area contributed by atoms with E-state index in [0.717, 1.165) is 37.2 Å². The van der Waals surface area contributed by atoms with Crippen molar-refractivity contribution in [2.45, 2.75) is 71.6 Å². The van der Waals surface area contributed by atoms with Crippen LogP contribution in [0.5, 0.6) is 0 Å². The first-order valence-corrected chi connectivity index (χ1v) is 13.3. The van der Waals surface area contributed by atoms with Crippen LogP contribution in [0.25, 0.3) is 11.1 Å². The molecule has 1 amide bonds. The molecule has 2 aliphatic rings. The number of carbonyl (C=O) groups excluding carboxylic acids is 3. The summed E-state index contributed by atoms with van der Waals surface area (Å²) in [7, 11) is 0. The number of benzene rings is 2. The molecule has 2 aromatic rings. The zero-order valence-corrected chi connectivity index (χ0v) is 22.7. The van der Waals surface area contributed by atoms with Crippen LogP contribution in [0, 0.1) is 11.7 Å². The maximum Gasteiger partial charge on any atom is 0.414 e. The van der Waals surface area contributed by atoms with E-state index in [1.807, 2.05) is 45.0 Å². The number of cyclic esters (lactones) is 1. The lowest BCUT2D eigenvalue weighted by atomic mass is 10.0. The van der Waals surface area contributed by atoms with Crippen molar-refractivity contribution in [1.29, 1.82) is 0 Å². The van der Waals surface area contributed by atoms with E-state index in [1.165, 1.54) is 17.9 Å². The number of esters is 1. The standard InChI is InChI=1S/C30H37FN2O5/c1-20(34)5-11-25-19-33(29(36)37-25)24-10-12-26(27(31)16-24)23-8-6-21(7-9-23)17-32-14-13-22(18-32)15-28(35)38-30(2,3)4/h6-10,12,16,22,25H,5,11,13-15,17-19H2,1-4H3/t22-,25+/m1/s1. The van der Waals surface area contributed by atoms with E-state index in [4.69, 9.17) is 9.47 Å². The molecular formula is C30H37FN2O5. The fourth-order valence-corrected chi connectivity index (χ4v) is 5.04. The lowest BCUT2D eigenvalue weighted by Crippen LogP contribution is -2.26. The van der Waals surface area contributed by atoms with E-state index >= 15 is 4.39 Å². The third-order valence-corrected chi connectivity index (χ3v) is 6.87. The van der Waals surface area contributed by atoms with E-state index in [1.54, 1.807) is 12.1 Å². The van der Waals surface area contributed by atoms with E-state index in [2.05, 4.69) is 4.90 Å². The van der Waals surface area contributed by atoms with Gasteiger partial charge in [0.25, 0.3) is 0 Å². The Labute approximate surface area is 223 Å². The number of ether oxygens (including phenoxy) is 2. The molecule has 0 saturated carbocycles. The van der Waals surface area contributed by atoms with Crippen LogP contribution in [0.4, 0.5) is 14.9 Å². The molecule has 0 aliphatic carbocycles. The number of carbonyl (C=O) groups is 3. The van der Waals surface area contributed by atoms with Crippen molar-refractivity contribution in [1.82, 2.24) is 4.90 Å². The number of rotatable bonds is 9. The first-order valence-electron chi connectivity index (χ1n) is 13.3. The Morgan fingerprint density at radius 1 is 1.11 bits per heavy atom. The normalized spacial score (nSPS) is 20.0. The zero-order valence-electron chi connectivity index (χ0n) is 22.7. The van der Waals surface area contributed by atoms with Gasteiger partial charge in [-0.2, -0.15) is 0 Å². The van der Waals surface area contributed by atoms with Crippen LogP contribution in [-0.2, 0) is 25.6 Å². The fourth-order valence-electron chi connectivity index (χ4n) is 5.04. The Hall–Kier alpha value is -3.26. The molecule has 204 valence electrons. The van der Waals surface area contributed by atoms with Crippen molar-refractivity contribution >= 4 is 23.5 Å². The smallest absolute Gasteiger partial charge is 0.414 e. The molecule has 0 radical (unpaired) electrons. The summed E-state index contributed by atoms with van der Waals surface area (Å²) in [4.78, 5) is 39.4. The molecule has 0 aromatic heterocycles. The van der Waals surface area contributed by atoms with Gasteiger partial charge in [-0.1, -0.05) is 24.3 Å². The Balaban J connectivity index is 1.32. The Morgan fingerprint density at radius 2 is 1.84 bits per heavy atom. The molecule has 2 aromatic carbocycles. The average Bonchev–Trinajstić information content (AvgIpc) is 3.42. The maximum absolute atomic E-state index is 15.1. The van der Waals surface area contributed by atoms with E-state index in [9.17, 15) is 14.4 Å². The number of Topliss-reactive ketones (excluding diaryl/α,β-unsaturated/α-hetero) is 1. The maximum atomic E-state index is 15.1. The van der Waals surface area contributed by atoms with Gasteiger partial charge >= 0.3 is 12.1 Å². The van der Waals surface area contributed by atoms with E-state index in [0.29, 0.717) is 43.0 Å². The summed E-state index contributed by atoms with van der Waals surface area (Å²) < 4.78 is 25.9. The molecule has 0 bridgehead atoms. The summed E-state index contributed by atoms with van der Waals surface area (Å²) >= 11 is 0. The third-order valence-electron chi connectivity index (χ3n) is 6.87. The highest BCUT2D eigenvalue weighted by Gasteiger charge is 2.32. The number of hydrogen-bond donors (Lipinski definition) is 0. The summed E-state index contributed by atoms with van der Waals surface area (Å²) in [5, 5.41) is 0. The quantitative estimate of drug-likeness (QED) is 0.390. The van der Waals surface area contributed by atoms with Crippen LogP contribution in [-0.4, -0.2) is 54.1 Å². The van der Waals surface area contributed by atoms with E-state index in [-0.39, 0.29) is 17.9 Å². The number of ketones is 1. The van der Waals surface area contributed by atoms with Gasteiger partial charge in [0.1, 0.15) is 23.3 Å². The van der Waals surface area contributed by atoms with Crippen LogP contribution in [0.1, 0.15) is 58.9 Å². The third kappa shape index (κ3) is 7.40. The van der Waals surface area contributed by atoms with Gasteiger partial charge in [0.05, 0.1) is 12.2 Å². The second-order valence-electron chi connectivity index (χ2n) is 11.4. The summed E-state index contributed by atoms with van der Waals surface area (Å²) in [5.41, 5.74) is 2.31. The van der Waals surface area contributed by atoms with Gasteiger partial charge in [-0.15, -0.1) is 0 Å². The second kappa shape index (κ2) is 11.6. The van der Waals surface area contributed by atoms with Crippen LogP contribution in [0.2, 0.25) is 0 Å². The van der Waals surface area contributed by atoms with Gasteiger partial charge in [-0.05, 0) is 82.3 Å². The molecule has 8 heteroatoms. The van der Waals surface area contributed by atoms with Gasteiger partial charge < -0.3 is 14.3 Å². The number of hydrogen-bond acceptors (Lipinski definition) is 6. The zero-order chi connectivity index (χ0) is 27.4. The number of likely N-dealkylation sites (tertiary alicyclic amines) is 1. The molecule has 0 unspecified atom stereocenters. The Bertz CT molecular complexity index is 1170. The number of halogens is 1. The Kier molecular flexibility index (Phi) is 8.51. The molecule has 2 heterocycles. The van der Waals surface area contributed by atoms with Gasteiger partial charge in [0.15, 0.2) is 0 Å². The number of anilines is 1. The second-order valence-corrected chi connectivity index (χ2v) is 11.4. The number of nitrogens with zero attached hydrogens (tertiary/aromatic N) is 2. The highest BCUT2D eigenvalue weighted by atomic mass is 19.1. The summed E-state index contributed by atoms with van der Waals surface area (Å²) in [6.45, 7) is 10.0. The van der Waals surface area contributed by atoms with Crippen molar-refractivity contribution in [3.05, 3.63) is 53.8 Å². The van der Waals surface area contributed by atoms with Gasteiger partial charge in [-0.3, -0.25) is 14.6 Å². The first kappa shape index (κ1) is 27.8. The lowest BCUT2D eigenvalue weighted by Gasteiger charge is -2.21. The summed E-state index contributed by atoms with van der Waals surface area (Å²) in [6, 6.07) is 12.6. The van der Waals surface area contributed by atoms with Crippen molar-refractivity contribution < 1.29 is 28.2 Å². The van der Waals surface area contributed by atoms with Crippen molar-refractivity contribution in [2.75, 3.05) is 24.5 Å². The Morgan fingerprint density at radius 3 is 2.50 bits per heavy atom. The first-order chi connectivity index (χ1) is 18.0. The van der Waals surface area contributed by atoms with E-state index < -0.39 is 17.5 Å². The SMILES string of the molecule is CC(=O)CC[C@H]1CN(c2ccc(-c3ccc(CN4CC[C@H](CC(=O)OC(C)(C)C)C4)cc3)c(F)c2)C(=O)O1. The van der Waals surface area contributed by atoms with Crippen LogP contribution in [0.3, 0.4) is 0 Å². The highest BCUT2D eigenvalue weighted by Crippen LogP contribution is 2.30. The molecule has 2 atom stereocenters. The molecule has 7 nitrogen and oxygen atoms in total. The van der Waals surface area contributed by atoms with Gasteiger partial charge in [-0.25, -0.2) is 9.18 Å². The highest BCUT2D eigenvalue weighted by molar-refractivity contribution is 5.90. The topological polar surface area (TPSA) is 76.2 Å². The minimum atomic E-state index is -0.523. The predicted octanol–water partition coefficient (Wildman–Crippen LogP) is 5.74. The molecule has 4 rings (SSSR count). The van der Waals surface area contributed by atoms with Crippen molar-refractivity contribution in [3.8, 4) is 11.1 Å². The minimum absolute atomic E-state index is 0.0451. The monoisotopic (exact) mass is 524 g/mol. The molecule has 38 heavy (non-hydrogen) atoms. The largest absolute Gasteiger partial charge is 0.460 e. The molecule has 2 aliphatic heterocycles. The lowest BCUT2D eigenvalue weighted by molar-refractivity contribution is -0.155. The predicted molar refractivity (Wildman–Crippen MR) is 143 cm³/mol. The van der Waals surface area contributed by atoms with Crippen molar-refractivity contribution in [3.63, 3.8) is 0 Å². The van der Waals surface area contributed by atoms with Crippen LogP contribution >= 0.6 is 0 Å². The molecule has 0 spiro atoms. The molecular weight excluding hydrogens is 487 g/mol. The average molecular weight is 525 g/mol. The van der Waals surface area contributed by atoms with Gasteiger partial charge in [0.2, 0.25) is 0 Å².